The van der Waals surface area contributed by atoms with Crippen LogP contribution in [-0.2, 0) is 4.79 Å². The number of rotatable bonds is 9. The van der Waals surface area contributed by atoms with Crippen LogP contribution in [0.25, 0.3) is 24.3 Å². The Morgan fingerprint density at radius 2 is 1.20 bits per heavy atom. The van der Waals surface area contributed by atoms with Gasteiger partial charge in [0, 0.05) is 68.9 Å². The lowest BCUT2D eigenvalue weighted by atomic mass is 10.2. The van der Waals surface area contributed by atoms with Gasteiger partial charge in [0.05, 0.1) is 0 Å². The summed E-state index contributed by atoms with van der Waals surface area (Å²) in [6, 6.07) is 27.7. The molecule has 5 heterocycles. The Kier molecular flexibility index (Phi) is 11.2. The molecule has 13 nitrogen and oxygen atoms in total. The van der Waals surface area contributed by atoms with E-state index in [9.17, 15) is 4.79 Å². The van der Waals surface area contributed by atoms with Gasteiger partial charge in [0.15, 0.2) is 23.3 Å². The highest BCUT2D eigenvalue weighted by molar-refractivity contribution is 5.74. The third kappa shape index (κ3) is 10.2. The Bertz CT molecular complexity index is 2080. The zero-order valence-electron chi connectivity index (χ0n) is 28.8. The third-order valence-corrected chi connectivity index (χ3v) is 7.83. The Labute approximate surface area is 296 Å². The van der Waals surface area contributed by atoms with Gasteiger partial charge in [0.25, 0.3) is 0 Å². The first-order valence-corrected chi connectivity index (χ1v) is 16.6. The highest BCUT2D eigenvalue weighted by atomic mass is 16.2. The van der Waals surface area contributed by atoms with E-state index < -0.39 is 0 Å². The van der Waals surface area contributed by atoms with Gasteiger partial charge in [-0.25, -0.2) is 19.9 Å². The summed E-state index contributed by atoms with van der Waals surface area (Å²) in [5.74, 6) is 5.03. The molecule has 7 rings (SSSR count). The molecule has 0 saturated carbocycles. The van der Waals surface area contributed by atoms with Crippen LogP contribution in [-0.4, -0.2) is 77.3 Å². The second-order valence-corrected chi connectivity index (χ2v) is 11.9. The highest BCUT2D eigenvalue weighted by Crippen LogP contribution is 2.22. The van der Waals surface area contributed by atoms with Crippen molar-refractivity contribution >= 4 is 59.3 Å². The number of hydrogen-bond donors (Lipinski definition) is 4. The number of nitrogens with one attached hydrogen (secondary N) is 4. The maximum absolute atomic E-state index is 11.6. The Hall–Kier alpha value is -6.63. The van der Waals surface area contributed by atoms with Crippen molar-refractivity contribution in [3.05, 3.63) is 125 Å². The lowest BCUT2D eigenvalue weighted by Gasteiger charge is -2.35. The molecule has 0 spiro atoms. The van der Waals surface area contributed by atoms with Crippen LogP contribution < -0.4 is 15.5 Å². The highest BCUT2D eigenvalue weighted by Gasteiger charge is 2.20. The molecule has 2 aromatic carbocycles. The largest absolute Gasteiger partial charge is 0.353 e. The molecule has 0 bridgehead atoms. The fourth-order valence-corrected chi connectivity index (χ4v) is 5.22. The quantitative estimate of drug-likeness (QED) is 0.133. The molecule has 13 heteroatoms. The summed E-state index contributed by atoms with van der Waals surface area (Å²) in [7, 11) is 0. The third-order valence-electron chi connectivity index (χ3n) is 7.83. The van der Waals surface area contributed by atoms with E-state index in [4.69, 9.17) is 4.98 Å². The van der Waals surface area contributed by atoms with Crippen molar-refractivity contribution in [2.24, 2.45) is 0 Å². The molecular formula is C38H40N12O. The first-order valence-electron chi connectivity index (χ1n) is 16.6. The van der Waals surface area contributed by atoms with E-state index in [2.05, 4.69) is 50.9 Å². The topological polar surface area (TPSA) is 157 Å². The molecule has 4 aromatic heterocycles. The minimum absolute atomic E-state index is 0.111. The van der Waals surface area contributed by atoms with Crippen molar-refractivity contribution in [1.82, 2.24) is 45.2 Å². The van der Waals surface area contributed by atoms with Gasteiger partial charge < -0.3 is 20.4 Å². The van der Waals surface area contributed by atoms with E-state index in [-0.39, 0.29) is 5.91 Å². The molecule has 1 aliphatic rings. The number of aromatic amines is 2. The number of carbonyl (C=O) groups excluding carboxylic acids is 1. The van der Waals surface area contributed by atoms with Crippen LogP contribution in [0.2, 0.25) is 0 Å². The van der Waals surface area contributed by atoms with Crippen LogP contribution in [0.5, 0.6) is 0 Å². The normalized spacial score (nSPS) is 12.9. The summed E-state index contributed by atoms with van der Waals surface area (Å²) < 4.78 is 0. The Balaban J connectivity index is 0.000000187. The Morgan fingerprint density at radius 3 is 1.75 bits per heavy atom. The second kappa shape index (κ2) is 16.7. The molecular weight excluding hydrogens is 641 g/mol. The van der Waals surface area contributed by atoms with Crippen LogP contribution in [0.3, 0.4) is 0 Å². The lowest BCUT2D eigenvalue weighted by Crippen LogP contribution is -2.48. The van der Waals surface area contributed by atoms with Gasteiger partial charge in [0.2, 0.25) is 5.91 Å². The molecule has 1 aliphatic heterocycles. The summed E-state index contributed by atoms with van der Waals surface area (Å²) in [5.41, 5.74) is 4.16. The van der Waals surface area contributed by atoms with Gasteiger partial charge in [-0.05, 0) is 43.2 Å². The average molecular weight is 681 g/mol. The monoisotopic (exact) mass is 680 g/mol. The van der Waals surface area contributed by atoms with Crippen molar-refractivity contribution in [3.8, 4) is 0 Å². The summed E-state index contributed by atoms with van der Waals surface area (Å²) >= 11 is 0. The van der Waals surface area contributed by atoms with Crippen molar-refractivity contribution in [3.63, 3.8) is 0 Å². The van der Waals surface area contributed by atoms with Gasteiger partial charge in [-0.3, -0.25) is 15.0 Å². The van der Waals surface area contributed by atoms with E-state index in [0.29, 0.717) is 42.2 Å². The zero-order chi connectivity index (χ0) is 35.4. The minimum atomic E-state index is 0.111. The molecule has 1 fully saturated rings. The SMILES string of the molecule is CC(=O)N1CCN(c2cc(Nc3cc(C)[nH]n3)nc(/C=C/c3ccccc3)n2)CC1.Cc1cc(Nc2ccnc(/C=C/c3ccccc3)n2)n[nH]1. The van der Waals surface area contributed by atoms with Gasteiger partial charge >= 0.3 is 0 Å². The van der Waals surface area contributed by atoms with Gasteiger partial charge in [-0.15, -0.1) is 0 Å². The number of H-pyrrole nitrogens is 2. The molecule has 6 aromatic rings. The summed E-state index contributed by atoms with van der Waals surface area (Å²) in [6.45, 7) is 8.36. The first kappa shape index (κ1) is 34.2. The molecule has 0 aliphatic carbocycles. The van der Waals surface area contributed by atoms with Crippen LogP contribution >= 0.6 is 0 Å². The smallest absolute Gasteiger partial charge is 0.219 e. The van der Waals surface area contributed by atoms with E-state index in [1.54, 1.807) is 13.1 Å². The summed E-state index contributed by atoms with van der Waals surface area (Å²) in [4.78, 5) is 33.7. The first-order chi connectivity index (χ1) is 24.9. The maximum atomic E-state index is 11.6. The number of piperazine rings is 1. The van der Waals surface area contributed by atoms with Crippen LogP contribution in [0.1, 0.15) is 41.1 Å². The van der Waals surface area contributed by atoms with E-state index in [0.717, 1.165) is 47.2 Å². The number of aromatic nitrogens is 8. The van der Waals surface area contributed by atoms with Gasteiger partial charge in [-0.1, -0.05) is 72.8 Å². The molecule has 51 heavy (non-hydrogen) atoms. The Morgan fingerprint density at radius 1 is 0.647 bits per heavy atom. The van der Waals surface area contributed by atoms with Gasteiger partial charge in [-0.2, -0.15) is 10.2 Å². The summed E-state index contributed by atoms with van der Waals surface area (Å²) in [5, 5.41) is 20.5. The van der Waals surface area contributed by atoms with Crippen molar-refractivity contribution < 1.29 is 4.79 Å². The fraction of sp³-hybridized carbons (Fsp3) is 0.184. The zero-order valence-corrected chi connectivity index (χ0v) is 28.8. The van der Waals surface area contributed by atoms with Crippen LogP contribution in [0.15, 0.2) is 91.1 Å². The molecule has 0 unspecified atom stereocenters. The number of amides is 1. The van der Waals surface area contributed by atoms with E-state index >= 15 is 0 Å². The number of aryl methyl sites for hydroxylation is 2. The predicted molar refractivity (Wildman–Crippen MR) is 202 cm³/mol. The van der Waals surface area contributed by atoms with Gasteiger partial charge in [0.1, 0.15) is 17.5 Å². The lowest BCUT2D eigenvalue weighted by molar-refractivity contribution is -0.129. The number of hydrogen-bond acceptors (Lipinski definition) is 10. The molecule has 258 valence electrons. The summed E-state index contributed by atoms with van der Waals surface area (Å²) in [6.07, 6.45) is 9.49. The average Bonchev–Trinajstić information content (AvgIpc) is 3.77. The molecule has 4 N–H and O–H groups in total. The minimum Gasteiger partial charge on any atom is -0.353 e. The van der Waals surface area contributed by atoms with Crippen LogP contribution in [0.4, 0.5) is 29.1 Å². The number of nitrogens with zero attached hydrogens (tertiary/aromatic N) is 8. The number of benzene rings is 2. The molecule has 1 saturated heterocycles. The van der Waals surface area contributed by atoms with Crippen molar-refractivity contribution in [2.75, 3.05) is 41.7 Å². The van der Waals surface area contributed by atoms with E-state index in [1.165, 1.54) is 0 Å². The van der Waals surface area contributed by atoms with Crippen molar-refractivity contribution in [2.45, 2.75) is 20.8 Å². The standard InChI is InChI=1S/C22H25N7O.C16H15N5/c1-16-14-21(27-26-16)24-20-15-22(29-12-10-28(11-13-29)17(2)30)25-19(23-20)9-8-18-6-4-3-5-7-18;1-12-11-16(21-20-12)19-15-9-10-17-14(18-15)8-7-13-5-3-2-4-6-13/h3-9,14-15H,10-13H2,1-2H3,(H2,23,24,25,26,27);2-11H,1H3,(H2,17,18,19,20,21)/b9-8+;8-7+. The second-order valence-electron chi connectivity index (χ2n) is 11.9. The van der Waals surface area contributed by atoms with E-state index in [1.807, 2.05) is 128 Å². The number of anilines is 5. The molecule has 0 radical (unpaired) electrons. The molecule has 1 amide bonds. The predicted octanol–water partition coefficient (Wildman–Crippen LogP) is 6.51. The molecule has 0 atom stereocenters. The van der Waals surface area contributed by atoms with Crippen molar-refractivity contribution in [1.29, 1.82) is 0 Å². The van der Waals surface area contributed by atoms with Crippen LogP contribution in [0, 0.1) is 13.8 Å². The number of carbonyl (C=O) groups is 1. The maximum Gasteiger partial charge on any atom is 0.219 e. The fourth-order valence-electron chi connectivity index (χ4n) is 5.22.